The van der Waals surface area contributed by atoms with Crippen molar-refractivity contribution in [3.8, 4) is 0 Å². The maximum absolute atomic E-state index is 13.2. The Morgan fingerprint density at radius 3 is 2.56 bits per heavy atom. The molecule has 2 heterocycles. The zero-order chi connectivity index (χ0) is 22.9. The van der Waals surface area contributed by atoms with Crippen LogP contribution in [0.25, 0.3) is 10.2 Å². The quantitative estimate of drug-likeness (QED) is 0.352. The minimum atomic E-state index is -3.74. The summed E-state index contributed by atoms with van der Waals surface area (Å²) in [6.07, 6.45) is 1.27. The Balaban J connectivity index is 1.61. The molecule has 0 aliphatic heterocycles. The van der Waals surface area contributed by atoms with Gasteiger partial charge in [0, 0.05) is 6.42 Å². The number of sulfone groups is 1. The lowest BCUT2D eigenvalue weighted by Crippen LogP contribution is -2.31. The van der Waals surface area contributed by atoms with E-state index in [2.05, 4.69) is 4.98 Å². The SMILES string of the molecule is Cc1ccc2sc(N(Cc3ccco3)C(=O)CCS(=O)(=O)c3ccc(F)cc3)nc2c1C. The van der Waals surface area contributed by atoms with Crippen LogP contribution in [-0.4, -0.2) is 25.1 Å². The molecular weight excluding hydrogens is 451 g/mol. The van der Waals surface area contributed by atoms with E-state index in [0.717, 1.165) is 33.5 Å². The molecule has 0 aliphatic carbocycles. The Morgan fingerprint density at radius 1 is 1.12 bits per heavy atom. The molecule has 0 saturated heterocycles. The minimum absolute atomic E-state index is 0.0182. The highest BCUT2D eigenvalue weighted by molar-refractivity contribution is 7.91. The van der Waals surface area contributed by atoms with Gasteiger partial charge in [0.25, 0.3) is 0 Å². The van der Waals surface area contributed by atoms with Crippen LogP contribution in [0.1, 0.15) is 23.3 Å². The second-order valence-electron chi connectivity index (χ2n) is 7.43. The summed E-state index contributed by atoms with van der Waals surface area (Å²) in [5, 5.41) is 0.481. The van der Waals surface area contributed by atoms with E-state index in [0.29, 0.717) is 10.9 Å². The smallest absolute Gasteiger partial charge is 0.230 e. The Kier molecular flexibility index (Phi) is 6.12. The first-order valence-electron chi connectivity index (χ1n) is 9.92. The van der Waals surface area contributed by atoms with Gasteiger partial charge < -0.3 is 4.42 Å². The van der Waals surface area contributed by atoms with E-state index in [9.17, 15) is 17.6 Å². The first-order valence-corrected chi connectivity index (χ1v) is 12.4. The number of nitrogens with zero attached hydrogens (tertiary/aromatic N) is 2. The lowest BCUT2D eigenvalue weighted by atomic mass is 10.1. The van der Waals surface area contributed by atoms with Gasteiger partial charge in [0.1, 0.15) is 11.6 Å². The number of carbonyl (C=O) groups is 1. The number of fused-ring (bicyclic) bond motifs is 1. The molecule has 0 saturated carbocycles. The Morgan fingerprint density at radius 2 is 1.88 bits per heavy atom. The van der Waals surface area contributed by atoms with Crippen LogP contribution in [0.3, 0.4) is 0 Å². The highest BCUT2D eigenvalue weighted by atomic mass is 32.2. The van der Waals surface area contributed by atoms with Gasteiger partial charge in [-0.25, -0.2) is 17.8 Å². The summed E-state index contributed by atoms with van der Waals surface area (Å²) in [6, 6.07) is 12.0. The molecule has 4 aromatic rings. The molecule has 1 amide bonds. The highest BCUT2D eigenvalue weighted by Gasteiger charge is 2.24. The van der Waals surface area contributed by atoms with Crippen molar-refractivity contribution in [2.45, 2.75) is 31.7 Å². The molecule has 0 fully saturated rings. The zero-order valence-electron chi connectivity index (χ0n) is 17.5. The number of halogens is 1. The summed E-state index contributed by atoms with van der Waals surface area (Å²) in [7, 11) is -3.74. The Labute approximate surface area is 189 Å². The van der Waals surface area contributed by atoms with Crippen molar-refractivity contribution in [1.82, 2.24) is 4.98 Å². The van der Waals surface area contributed by atoms with Crippen molar-refractivity contribution in [2.75, 3.05) is 10.7 Å². The topological polar surface area (TPSA) is 80.5 Å². The molecule has 0 radical (unpaired) electrons. The number of carbonyl (C=O) groups excluding carboxylic acids is 1. The van der Waals surface area contributed by atoms with E-state index >= 15 is 0 Å². The molecule has 2 aromatic heterocycles. The number of aryl methyl sites for hydroxylation is 2. The number of aromatic nitrogens is 1. The Bertz CT molecular complexity index is 1360. The monoisotopic (exact) mass is 472 g/mol. The molecule has 0 unspecified atom stereocenters. The summed E-state index contributed by atoms with van der Waals surface area (Å²) in [6.45, 7) is 4.12. The minimum Gasteiger partial charge on any atom is -0.467 e. The second kappa shape index (κ2) is 8.84. The van der Waals surface area contributed by atoms with E-state index in [4.69, 9.17) is 4.42 Å². The molecule has 0 aliphatic rings. The molecule has 0 atom stereocenters. The van der Waals surface area contributed by atoms with Crippen molar-refractivity contribution in [3.05, 3.63) is 77.5 Å². The van der Waals surface area contributed by atoms with Crippen molar-refractivity contribution in [2.24, 2.45) is 0 Å². The number of rotatable bonds is 7. The molecule has 166 valence electrons. The predicted octanol–water partition coefficient (Wildman–Crippen LogP) is 5.04. The second-order valence-corrected chi connectivity index (χ2v) is 10.6. The highest BCUT2D eigenvalue weighted by Crippen LogP contribution is 2.33. The van der Waals surface area contributed by atoms with Crippen LogP contribution in [-0.2, 0) is 21.2 Å². The summed E-state index contributed by atoms with van der Waals surface area (Å²) in [4.78, 5) is 19.3. The number of amides is 1. The van der Waals surface area contributed by atoms with Crippen molar-refractivity contribution < 1.29 is 22.0 Å². The first kappa shape index (κ1) is 22.2. The van der Waals surface area contributed by atoms with Crippen LogP contribution in [0.4, 0.5) is 9.52 Å². The van der Waals surface area contributed by atoms with E-state index in [-0.39, 0.29) is 23.8 Å². The van der Waals surface area contributed by atoms with Gasteiger partial charge in [0.15, 0.2) is 15.0 Å². The third-order valence-electron chi connectivity index (χ3n) is 5.26. The van der Waals surface area contributed by atoms with Crippen LogP contribution < -0.4 is 4.90 Å². The fourth-order valence-electron chi connectivity index (χ4n) is 3.27. The Hall–Kier alpha value is -3.04. The van der Waals surface area contributed by atoms with Gasteiger partial charge in [-0.2, -0.15) is 0 Å². The average molecular weight is 473 g/mol. The first-order chi connectivity index (χ1) is 15.2. The summed E-state index contributed by atoms with van der Waals surface area (Å²) in [5.74, 6) is -0.742. The number of hydrogen-bond acceptors (Lipinski definition) is 6. The van der Waals surface area contributed by atoms with Gasteiger partial charge >= 0.3 is 0 Å². The number of furan rings is 1. The van der Waals surface area contributed by atoms with Gasteiger partial charge in [-0.3, -0.25) is 9.69 Å². The van der Waals surface area contributed by atoms with Crippen LogP contribution >= 0.6 is 11.3 Å². The maximum Gasteiger partial charge on any atom is 0.230 e. The van der Waals surface area contributed by atoms with Crippen molar-refractivity contribution in [3.63, 3.8) is 0 Å². The summed E-state index contributed by atoms with van der Waals surface area (Å²) < 4.78 is 44.7. The standard InChI is InChI=1S/C23H21FN2O4S2/c1-15-5-10-20-22(16(15)2)25-23(31-20)26(14-18-4-3-12-30-18)21(27)11-13-32(28,29)19-8-6-17(24)7-9-19/h3-10,12H,11,13-14H2,1-2H3. The molecule has 2 aromatic carbocycles. The number of thiazole rings is 1. The van der Waals surface area contributed by atoms with Crippen LogP contribution in [0, 0.1) is 19.7 Å². The van der Waals surface area contributed by atoms with Gasteiger partial charge in [0.05, 0.1) is 33.7 Å². The van der Waals surface area contributed by atoms with Crippen molar-refractivity contribution >= 4 is 42.4 Å². The van der Waals surface area contributed by atoms with E-state index in [1.807, 2.05) is 26.0 Å². The molecule has 4 rings (SSSR count). The van der Waals surface area contributed by atoms with Gasteiger partial charge in [-0.1, -0.05) is 17.4 Å². The van der Waals surface area contributed by atoms with Crippen molar-refractivity contribution in [1.29, 1.82) is 0 Å². The largest absolute Gasteiger partial charge is 0.467 e. The normalized spacial score (nSPS) is 11.7. The van der Waals surface area contributed by atoms with Crippen LogP contribution in [0.2, 0.25) is 0 Å². The number of benzene rings is 2. The molecule has 0 N–H and O–H groups in total. The molecule has 6 nitrogen and oxygen atoms in total. The molecule has 0 bridgehead atoms. The fourth-order valence-corrected chi connectivity index (χ4v) is 5.54. The van der Waals surface area contributed by atoms with Gasteiger partial charge in [-0.15, -0.1) is 0 Å². The average Bonchev–Trinajstić information content (AvgIpc) is 3.43. The van der Waals surface area contributed by atoms with Crippen LogP contribution in [0.15, 0.2) is 64.1 Å². The maximum atomic E-state index is 13.2. The fraction of sp³-hybridized carbons (Fsp3) is 0.217. The molecule has 9 heteroatoms. The molecule has 32 heavy (non-hydrogen) atoms. The number of hydrogen-bond donors (Lipinski definition) is 0. The van der Waals surface area contributed by atoms with E-state index in [1.165, 1.54) is 34.6 Å². The molecular formula is C23H21FN2O4S2. The lowest BCUT2D eigenvalue weighted by molar-refractivity contribution is -0.118. The third kappa shape index (κ3) is 4.58. The molecule has 0 spiro atoms. The van der Waals surface area contributed by atoms with Gasteiger partial charge in [0.2, 0.25) is 5.91 Å². The van der Waals surface area contributed by atoms with E-state index in [1.54, 1.807) is 12.1 Å². The van der Waals surface area contributed by atoms with Gasteiger partial charge in [-0.05, 0) is 67.4 Å². The summed E-state index contributed by atoms with van der Waals surface area (Å²) in [5.41, 5.74) is 2.96. The third-order valence-corrected chi connectivity index (χ3v) is 8.03. The summed E-state index contributed by atoms with van der Waals surface area (Å²) >= 11 is 1.37. The predicted molar refractivity (Wildman–Crippen MR) is 122 cm³/mol. The van der Waals surface area contributed by atoms with E-state index < -0.39 is 21.4 Å². The lowest BCUT2D eigenvalue weighted by Gasteiger charge is -2.18. The number of anilines is 1. The zero-order valence-corrected chi connectivity index (χ0v) is 19.2. The van der Waals surface area contributed by atoms with Crippen LogP contribution in [0.5, 0.6) is 0 Å².